The smallest absolute Gasteiger partial charge is 0.170 e. The molecule has 128 valence electrons. The summed E-state index contributed by atoms with van der Waals surface area (Å²) in [4.78, 5) is 23.8. The molecule has 0 bridgehead atoms. The number of hydrogen-bond acceptors (Lipinski definition) is 2. The molecule has 0 atom stereocenters. The third kappa shape index (κ3) is 10.0. The van der Waals surface area contributed by atoms with Crippen LogP contribution in [0.15, 0.2) is 30.3 Å². The van der Waals surface area contributed by atoms with Gasteiger partial charge in [-0.15, -0.1) is 0 Å². The lowest BCUT2D eigenvalue weighted by Crippen LogP contribution is -2.07. The lowest BCUT2D eigenvalue weighted by Gasteiger charge is -2.03. The fourth-order valence-electron chi connectivity index (χ4n) is 2.80. The van der Waals surface area contributed by atoms with Gasteiger partial charge in [-0.1, -0.05) is 95.0 Å². The Morgan fingerprint density at radius 2 is 1.26 bits per heavy atom. The second-order valence-corrected chi connectivity index (χ2v) is 6.44. The standard InChI is InChI=1S/C21H32O2/c1-2-3-4-5-6-7-8-9-10-14-17-20(22)18-21(23)19-15-12-11-13-16-19/h11-13,15-16H,2-10,14,17-18H2,1H3. The molecule has 1 aromatic carbocycles. The monoisotopic (exact) mass is 316 g/mol. The predicted molar refractivity (Wildman–Crippen MR) is 96.9 cm³/mol. The quantitative estimate of drug-likeness (QED) is 0.235. The number of hydrogen-bond donors (Lipinski definition) is 0. The normalized spacial score (nSPS) is 10.7. The molecule has 0 unspecified atom stereocenters. The van der Waals surface area contributed by atoms with Crippen molar-refractivity contribution in [2.24, 2.45) is 0 Å². The summed E-state index contributed by atoms with van der Waals surface area (Å²) in [7, 11) is 0. The average Bonchev–Trinajstić information content (AvgIpc) is 2.57. The van der Waals surface area contributed by atoms with E-state index >= 15 is 0 Å². The molecule has 23 heavy (non-hydrogen) atoms. The van der Waals surface area contributed by atoms with Crippen molar-refractivity contribution in [3.8, 4) is 0 Å². The lowest BCUT2D eigenvalue weighted by molar-refractivity contribution is -0.118. The van der Waals surface area contributed by atoms with Crippen molar-refractivity contribution in [3.63, 3.8) is 0 Å². The van der Waals surface area contributed by atoms with E-state index in [0.717, 1.165) is 12.8 Å². The highest BCUT2D eigenvalue weighted by Gasteiger charge is 2.10. The molecular weight excluding hydrogens is 284 g/mol. The van der Waals surface area contributed by atoms with Crippen LogP contribution in [0.2, 0.25) is 0 Å². The molecule has 0 aromatic heterocycles. The van der Waals surface area contributed by atoms with Crippen LogP contribution < -0.4 is 0 Å². The van der Waals surface area contributed by atoms with Gasteiger partial charge in [0.1, 0.15) is 5.78 Å². The number of carbonyl (C=O) groups is 2. The van der Waals surface area contributed by atoms with Gasteiger partial charge in [0.15, 0.2) is 5.78 Å². The first kappa shape index (κ1) is 19.6. The Bertz CT molecular complexity index is 436. The summed E-state index contributed by atoms with van der Waals surface area (Å²) in [6.45, 7) is 2.24. The maximum absolute atomic E-state index is 11.9. The lowest BCUT2D eigenvalue weighted by atomic mass is 10.0. The van der Waals surface area contributed by atoms with E-state index in [4.69, 9.17) is 0 Å². The molecule has 0 fully saturated rings. The summed E-state index contributed by atoms with van der Waals surface area (Å²) >= 11 is 0. The summed E-state index contributed by atoms with van der Waals surface area (Å²) in [5.41, 5.74) is 0.643. The van der Waals surface area contributed by atoms with Crippen LogP contribution in [0.4, 0.5) is 0 Å². The van der Waals surface area contributed by atoms with E-state index in [0.29, 0.717) is 12.0 Å². The number of ketones is 2. The molecule has 0 N–H and O–H groups in total. The van der Waals surface area contributed by atoms with E-state index in [1.54, 1.807) is 12.1 Å². The van der Waals surface area contributed by atoms with E-state index in [2.05, 4.69) is 6.92 Å². The van der Waals surface area contributed by atoms with Crippen molar-refractivity contribution in [3.05, 3.63) is 35.9 Å². The van der Waals surface area contributed by atoms with Crippen LogP contribution >= 0.6 is 0 Å². The van der Waals surface area contributed by atoms with E-state index in [1.165, 1.54) is 51.4 Å². The molecule has 0 radical (unpaired) electrons. The van der Waals surface area contributed by atoms with Gasteiger partial charge in [0.05, 0.1) is 6.42 Å². The summed E-state index contributed by atoms with van der Waals surface area (Å²) in [6, 6.07) is 9.09. The molecule has 0 heterocycles. The van der Waals surface area contributed by atoms with Gasteiger partial charge in [-0.05, 0) is 6.42 Å². The van der Waals surface area contributed by atoms with Gasteiger partial charge in [-0.25, -0.2) is 0 Å². The van der Waals surface area contributed by atoms with Crippen molar-refractivity contribution < 1.29 is 9.59 Å². The van der Waals surface area contributed by atoms with Crippen LogP contribution in [-0.2, 0) is 4.79 Å². The third-order valence-corrected chi connectivity index (χ3v) is 4.26. The van der Waals surface area contributed by atoms with Gasteiger partial charge in [-0.3, -0.25) is 9.59 Å². The van der Waals surface area contributed by atoms with Crippen molar-refractivity contribution in [2.75, 3.05) is 0 Å². The van der Waals surface area contributed by atoms with Crippen molar-refractivity contribution in [1.82, 2.24) is 0 Å². The van der Waals surface area contributed by atoms with Crippen LogP contribution in [0.3, 0.4) is 0 Å². The molecule has 2 heteroatoms. The predicted octanol–water partition coefficient (Wildman–Crippen LogP) is 6.14. The number of carbonyl (C=O) groups excluding carboxylic acids is 2. The summed E-state index contributed by atoms with van der Waals surface area (Å²) in [6.07, 6.45) is 13.2. The highest BCUT2D eigenvalue weighted by Crippen LogP contribution is 2.12. The first-order chi connectivity index (χ1) is 11.2. The van der Waals surface area contributed by atoms with Gasteiger partial charge in [-0.2, -0.15) is 0 Å². The summed E-state index contributed by atoms with van der Waals surface area (Å²) in [5.74, 6) is 0.0288. The molecule has 0 aliphatic rings. The number of benzene rings is 1. The minimum Gasteiger partial charge on any atom is -0.299 e. The van der Waals surface area contributed by atoms with Crippen LogP contribution in [0.25, 0.3) is 0 Å². The van der Waals surface area contributed by atoms with E-state index in [-0.39, 0.29) is 18.0 Å². The van der Waals surface area contributed by atoms with E-state index in [9.17, 15) is 9.59 Å². The first-order valence-corrected chi connectivity index (χ1v) is 9.34. The number of Topliss-reactive ketones (excluding diaryl/α,β-unsaturated/α-hetero) is 2. The Morgan fingerprint density at radius 1 is 0.739 bits per heavy atom. The second kappa shape index (κ2) is 13.0. The van der Waals surface area contributed by atoms with Gasteiger partial charge in [0.25, 0.3) is 0 Å². The molecule has 1 aromatic rings. The molecule has 0 aliphatic carbocycles. The van der Waals surface area contributed by atoms with E-state index < -0.39 is 0 Å². The number of unbranched alkanes of at least 4 members (excludes halogenated alkanes) is 9. The molecular formula is C21H32O2. The minimum atomic E-state index is -0.0531. The van der Waals surface area contributed by atoms with Crippen LogP contribution in [0.1, 0.15) is 94.3 Å². The average molecular weight is 316 g/mol. The van der Waals surface area contributed by atoms with Crippen LogP contribution in [0, 0.1) is 0 Å². The Kier molecular flexibility index (Phi) is 11.1. The Hall–Kier alpha value is -1.44. The molecule has 0 saturated heterocycles. The van der Waals surface area contributed by atoms with Crippen molar-refractivity contribution in [2.45, 2.75) is 84.0 Å². The molecule has 0 aliphatic heterocycles. The topological polar surface area (TPSA) is 34.1 Å². The molecule has 0 saturated carbocycles. The highest BCUT2D eigenvalue weighted by molar-refractivity contribution is 6.07. The van der Waals surface area contributed by atoms with Crippen LogP contribution in [0.5, 0.6) is 0 Å². The molecule has 1 rings (SSSR count). The SMILES string of the molecule is CCCCCCCCCCCCC(=O)CC(=O)c1ccccc1. The zero-order valence-corrected chi connectivity index (χ0v) is 14.7. The minimum absolute atomic E-state index is 0.0531. The van der Waals surface area contributed by atoms with Crippen molar-refractivity contribution >= 4 is 11.6 Å². The third-order valence-electron chi connectivity index (χ3n) is 4.26. The Morgan fingerprint density at radius 3 is 1.83 bits per heavy atom. The Labute approximate surface area is 141 Å². The van der Waals surface area contributed by atoms with Crippen LogP contribution in [-0.4, -0.2) is 11.6 Å². The highest BCUT2D eigenvalue weighted by atomic mass is 16.1. The van der Waals surface area contributed by atoms with Gasteiger partial charge in [0.2, 0.25) is 0 Å². The first-order valence-electron chi connectivity index (χ1n) is 9.34. The second-order valence-electron chi connectivity index (χ2n) is 6.44. The molecule has 0 spiro atoms. The number of rotatable bonds is 14. The maximum atomic E-state index is 11.9. The van der Waals surface area contributed by atoms with E-state index in [1.807, 2.05) is 18.2 Å². The van der Waals surface area contributed by atoms with Gasteiger partial charge in [0, 0.05) is 12.0 Å². The summed E-state index contributed by atoms with van der Waals surface area (Å²) in [5, 5.41) is 0. The Balaban J connectivity index is 1.97. The molecule has 2 nitrogen and oxygen atoms in total. The van der Waals surface area contributed by atoms with Gasteiger partial charge < -0.3 is 0 Å². The molecule has 0 amide bonds. The van der Waals surface area contributed by atoms with Crippen molar-refractivity contribution in [1.29, 1.82) is 0 Å². The fourth-order valence-corrected chi connectivity index (χ4v) is 2.80. The maximum Gasteiger partial charge on any atom is 0.170 e. The zero-order chi connectivity index (χ0) is 16.8. The zero-order valence-electron chi connectivity index (χ0n) is 14.7. The summed E-state index contributed by atoms with van der Waals surface area (Å²) < 4.78 is 0. The largest absolute Gasteiger partial charge is 0.299 e. The fraction of sp³-hybridized carbons (Fsp3) is 0.619. The van der Waals surface area contributed by atoms with Gasteiger partial charge >= 0.3 is 0 Å².